The number of benzene rings is 1. The summed E-state index contributed by atoms with van der Waals surface area (Å²) < 4.78 is 15.8. The third-order valence-corrected chi connectivity index (χ3v) is 7.09. The minimum absolute atomic E-state index is 0.00727. The standard InChI is InChI=1S/C28H35N3O7/c1-5-38-20-9-7-19(8-10-20)24-22(25(32)21-17(2)23(28(35)36-4)29-18(21)3)26(33)27(34)31(24)12-6-11-30-13-15-37-16-14-30/h7-10,24,29,32H,5-6,11-16H2,1-4H3/t24-/m0/s1. The summed E-state index contributed by atoms with van der Waals surface area (Å²) in [6.45, 7) is 9.88. The topological polar surface area (TPSA) is 121 Å². The number of hydrogen-bond donors (Lipinski definition) is 2. The Labute approximate surface area is 222 Å². The van der Waals surface area contributed by atoms with Crippen molar-refractivity contribution in [2.24, 2.45) is 0 Å². The Morgan fingerprint density at radius 3 is 2.45 bits per heavy atom. The van der Waals surface area contributed by atoms with E-state index in [4.69, 9.17) is 14.2 Å². The molecule has 0 bridgehead atoms. The lowest BCUT2D eigenvalue weighted by Crippen LogP contribution is -2.38. The van der Waals surface area contributed by atoms with Gasteiger partial charge in [-0.15, -0.1) is 0 Å². The first-order valence-electron chi connectivity index (χ1n) is 12.9. The van der Waals surface area contributed by atoms with Crippen LogP contribution in [0.2, 0.25) is 0 Å². The number of hydrogen-bond acceptors (Lipinski definition) is 8. The van der Waals surface area contributed by atoms with Gasteiger partial charge in [0.15, 0.2) is 0 Å². The Morgan fingerprint density at radius 2 is 1.82 bits per heavy atom. The number of ketones is 1. The molecule has 2 saturated heterocycles. The van der Waals surface area contributed by atoms with Gasteiger partial charge in [0.05, 0.1) is 38.5 Å². The van der Waals surface area contributed by atoms with E-state index < -0.39 is 23.7 Å². The van der Waals surface area contributed by atoms with Crippen LogP contribution in [-0.4, -0.2) is 90.7 Å². The molecule has 1 aromatic carbocycles. The van der Waals surface area contributed by atoms with E-state index in [1.165, 1.54) is 12.0 Å². The Balaban J connectivity index is 1.74. The molecule has 10 nitrogen and oxygen atoms in total. The van der Waals surface area contributed by atoms with Crippen molar-refractivity contribution in [2.45, 2.75) is 33.2 Å². The summed E-state index contributed by atoms with van der Waals surface area (Å²) in [7, 11) is 1.27. The predicted molar refractivity (Wildman–Crippen MR) is 140 cm³/mol. The van der Waals surface area contributed by atoms with Gasteiger partial charge < -0.3 is 29.2 Å². The monoisotopic (exact) mass is 525 g/mol. The molecule has 1 amide bonds. The number of carbonyl (C=O) groups excluding carboxylic acids is 3. The number of esters is 1. The Kier molecular flexibility index (Phi) is 8.53. The molecular weight excluding hydrogens is 490 g/mol. The maximum atomic E-state index is 13.4. The molecule has 2 aliphatic heterocycles. The Bertz CT molecular complexity index is 1230. The lowest BCUT2D eigenvalue weighted by Gasteiger charge is -2.29. The number of aromatic nitrogens is 1. The minimum Gasteiger partial charge on any atom is -0.507 e. The zero-order valence-electron chi connectivity index (χ0n) is 22.3. The third-order valence-electron chi connectivity index (χ3n) is 7.09. The maximum Gasteiger partial charge on any atom is 0.354 e. The van der Waals surface area contributed by atoms with Crippen molar-refractivity contribution in [1.29, 1.82) is 0 Å². The number of amides is 1. The zero-order valence-corrected chi connectivity index (χ0v) is 22.3. The van der Waals surface area contributed by atoms with Crippen LogP contribution in [0.15, 0.2) is 29.8 Å². The van der Waals surface area contributed by atoms with E-state index in [1.54, 1.807) is 38.1 Å². The van der Waals surface area contributed by atoms with E-state index in [0.717, 1.165) is 19.6 Å². The van der Waals surface area contributed by atoms with E-state index in [2.05, 4.69) is 9.88 Å². The normalized spacial score (nSPS) is 19.7. The number of aliphatic hydroxyl groups excluding tert-OH is 1. The van der Waals surface area contributed by atoms with Crippen molar-refractivity contribution in [3.8, 4) is 5.75 Å². The molecule has 2 N–H and O–H groups in total. The second-order valence-corrected chi connectivity index (χ2v) is 9.42. The fourth-order valence-electron chi connectivity index (χ4n) is 5.21. The van der Waals surface area contributed by atoms with Gasteiger partial charge in [-0.2, -0.15) is 0 Å². The maximum absolute atomic E-state index is 13.4. The first-order chi connectivity index (χ1) is 18.3. The van der Waals surface area contributed by atoms with Crippen LogP contribution >= 0.6 is 0 Å². The van der Waals surface area contributed by atoms with Crippen molar-refractivity contribution in [1.82, 2.24) is 14.8 Å². The van der Waals surface area contributed by atoms with Crippen molar-refractivity contribution in [2.75, 3.05) is 53.1 Å². The molecule has 204 valence electrons. The number of morpholine rings is 1. The quantitative estimate of drug-likeness (QED) is 0.222. The molecule has 0 saturated carbocycles. The molecule has 0 unspecified atom stereocenters. The summed E-state index contributed by atoms with van der Waals surface area (Å²) in [5, 5.41) is 11.5. The number of H-pyrrole nitrogens is 1. The smallest absolute Gasteiger partial charge is 0.354 e. The summed E-state index contributed by atoms with van der Waals surface area (Å²) in [4.78, 5) is 45.7. The average Bonchev–Trinajstić information content (AvgIpc) is 3.36. The molecule has 2 aliphatic rings. The van der Waals surface area contributed by atoms with Gasteiger partial charge in [-0.25, -0.2) is 4.79 Å². The van der Waals surface area contributed by atoms with Crippen molar-refractivity contribution >= 4 is 23.4 Å². The lowest BCUT2D eigenvalue weighted by molar-refractivity contribution is -0.140. The number of rotatable bonds is 9. The number of carbonyl (C=O) groups is 3. The van der Waals surface area contributed by atoms with Gasteiger partial charge >= 0.3 is 5.97 Å². The minimum atomic E-state index is -0.786. The summed E-state index contributed by atoms with van der Waals surface area (Å²) in [6, 6.07) is 6.40. The fraction of sp³-hybridized carbons (Fsp3) is 0.464. The fourth-order valence-corrected chi connectivity index (χ4v) is 5.21. The lowest BCUT2D eigenvalue weighted by atomic mass is 9.94. The van der Waals surface area contributed by atoms with Crippen LogP contribution in [-0.2, 0) is 19.1 Å². The van der Waals surface area contributed by atoms with E-state index in [9.17, 15) is 19.5 Å². The highest BCUT2D eigenvalue weighted by atomic mass is 16.5. The van der Waals surface area contributed by atoms with Crippen LogP contribution in [0.4, 0.5) is 0 Å². The SMILES string of the molecule is CCOc1ccc([C@H]2C(=C(O)c3c(C)[nH]c(C(=O)OC)c3C)C(=O)C(=O)N2CCCN2CCOCC2)cc1. The molecule has 2 aromatic rings. The molecular formula is C28H35N3O7. The molecule has 10 heteroatoms. The van der Waals surface area contributed by atoms with E-state index in [-0.39, 0.29) is 17.0 Å². The summed E-state index contributed by atoms with van der Waals surface area (Å²) in [6.07, 6.45) is 0.662. The highest BCUT2D eigenvalue weighted by Crippen LogP contribution is 2.41. The van der Waals surface area contributed by atoms with E-state index in [0.29, 0.717) is 60.9 Å². The third kappa shape index (κ3) is 5.32. The number of methoxy groups -OCH3 is 1. The van der Waals surface area contributed by atoms with Crippen molar-refractivity contribution in [3.63, 3.8) is 0 Å². The summed E-state index contributed by atoms with van der Waals surface area (Å²) in [5.74, 6) is -1.66. The van der Waals surface area contributed by atoms with Gasteiger partial charge in [-0.05, 0) is 50.5 Å². The summed E-state index contributed by atoms with van der Waals surface area (Å²) in [5.41, 5.74) is 2.10. The molecule has 4 rings (SSSR count). The summed E-state index contributed by atoms with van der Waals surface area (Å²) >= 11 is 0. The van der Waals surface area contributed by atoms with Crippen LogP contribution in [0.1, 0.15) is 52.3 Å². The molecule has 0 radical (unpaired) electrons. The van der Waals surface area contributed by atoms with Crippen LogP contribution in [0.25, 0.3) is 5.76 Å². The van der Waals surface area contributed by atoms with Gasteiger partial charge in [0.2, 0.25) is 0 Å². The molecule has 3 heterocycles. The average molecular weight is 526 g/mol. The molecule has 0 spiro atoms. The van der Waals surface area contributed by atoms with Crippen LogP contribution in [0.5, 0.6) is 5.75 Å². The number of likely N-dealkylation sites (tertiary alicyclic amines) is 1. The second-order valence-electron chi connectivity index (χ2n) is 9.42. The van der Waals surface area contributed by atoms with Crippen LogP contribution in [0, 0.1) is 13.8 Å². The number of aromatic amines is 1. The van der Waals surface area contributed by atoms with Crippen LogP contribution in [0.3, 0.4) is 0 Å². The molecule has 1 aromatic heterocycles. The Morgan fingerprint density at radius 1 is 1.13 bits per heavy atom. The van der Waals surface area contributed by atoms with Gasteiger partial charge in [0.1, 0.15) is 17.2 Å². The first kappa shape index (κ1) is 27.4. The van der Waals surface area contributed by atoms with E-state index >= 15 is 0 Å². The molecule has 2 fully saturated rings. The van der Waals surface area contributed by atoms with Gasteiger partial charge in [0, 0.05) is 37.4 Å². The zero-order chi connectivity index (χ0) is 27.4. The van der Waals surface area contributed by atoms with Crippen molar-refractivity contribution < 1.29 is 33.7 Å². The highest BCUT2D eigenvalue weighted by molar-refractivity contribution is 6.46. The first-order valence-corrected chi connectivity index (χ1v) is 12.9. The van der Waals surface area contributed by atoms with Crippen LogP contribution < -0.4 is 4.74 Å². The number of ether oxygens (including phenoxy) is 3. The van der Waals surface area contributed by atoms with Crippen molar-refractivity contribution in [3.05, 3.63) is 57.9 Å². The molecule has 0 aliphatic carbocycles. The Hall–Kier alpha value is -3.63. The van der Waals surface area contributed by atoms with Gasteiger partial charge in [-0.3, -0.25) is 14.5 Å². The van der Waals surface area contributed by atoms with Gasteiger partial charge in [0.25, 0.3) is 11.7 Å². The number of nitrogens with one attached hydrogen (secondary N) is 1. The predicted octanol–water partition coefficient (Wildman–Crippen LogP) is 2.96. The van der Waals surface area contributed by atoms with E-state index in [1.807, 2.05) is 6.92 Å². The number of Topliss-reactive ketones (excluding diaryl/α,β-unsaturated/α-hetero) is 1. The van der Waals surface area contributed by atoms with Gasteiger partial charge in [-0.1, -0.05) is 12.1 Å². The number of aliphatic hydroxyl groups is 1. The molecule has 38 heavy (non-hydrogen) atoms. The second kappa shape index (κ2) is 11.8. The largest absolute Gasteiger partial charge is 0.507 e. The number of nitrogens with zero attached hydrogens (tertiary/aromatic N) is 2. The molecule has 1 atom stereocenters. The highest BCUT2D eigenvalue weighted by Gasteiger charge is 2.46. The number of aryl methyl sites for hydroxylation is 1.